The third-order valence-electron chi connectivity index (χ3n) is 7.71. The molecule has 3 heteroatoms. The zero-order valence-electron chi connectivity index (χ0n) is 15.0. The van der Waals surface area contributed by atoms with Gasteiger partial charge >= 0.3 is 0 Å². The Kier molecular flexibility index (Phi) is 4.23. The van der Waals surface area contributed by atoms with Crippen LogP contribution in [0.1, 0.15) is 72.1 Å². The Bertz CT molecular complexity index is 489. The van der Waals surface area contributed by atoms with Crippen LogP contribution < -0.4 is 0 Å². The summed E-state index contributed by atoms with van der Waals surface area (Å²) in [6.07, 6.45) is 6.50. The molecule has 3 fully saturated rings. The summed E-state index contributed by atoms with van der Waals surface area (Å²) >= 11 is 0. The van der Waals surface area contributed by atoms with Crippen molar-refractivity contribution in [2.24, 2.45) is 22.7 Å². The topological polar surface area (TPSA) is 60.7 Å². The fraction of sp³-hybridized carbons (Fsp3) is 0.900. The lowest BCUT2D eigenvalue weighted by Gasteiger charge is -2.59. The van der Waals surface area contributed by atoms with E-state index in [-0.39, 0.29) is 16.9 Å². The van der Waals surface area contributed by atoms with Gasteiger partial charge in [0.15, 0.2) is 0 Å². The fourth-order valence-electron chi connectivity index (χ4n) is 5.93. The average Bonchev–Trinajstić information content (AvgIpc) is 2.53. The van der Waals surface area contributed by atoms with Gasteiger partial charge in [0, 0.05) is 0 Å². The van der Waals surface area contributed by atoms with Crippen molar-refractivity contribution in [3.63, 3.8) is 0 Å². The monoisotopic (exact) mass is 322 g/mol. The minimum Gasteiger partial charge on any atom is -0.393 e. The molecule has 132 valence electrons. The Balaban J connectivity index is 1.73. The second-order valence-electron chi connectivity index (χ2n) is 9.50. The van der Waals surface area contributed by atoms with Gasteiger partial charge in [-0.25, -0.2) is 0 Å². The Morgan fingerprint density at radius 1 is 1.22 bits per heavy atom. The predicted molar refractivity (Wildman–Crippen MR) is 91.9 cm³/mol. The van der Waals surface area contributed by atoms with Crippen LogP contribution >= 0.6 is 0 Å². The summed E-state index contributed by atoms with van der Waals surface area (Å²) in [5.41, 5.74) is 0.357. The van der Waals surface area contributed by atoms with Crippen LogP contribution in [0.3, 0.4) is 0 Å². The molecule has 23 heavy (non-hydrogen) atoms. The highest BCUT2D eigenvalue weighted by atomic mass is 16.3. The lowest BCUT2D eigenvalue weighted by atomic mass is 9.47. The molecule has 7 atom stereocenters. The van der Waals surface area contributed by atoms with E-state index in [1.807, 2.05) is 6.92 Å². The van der Waals surface area contributed by atoms with Crippen molar-refractivity contribution in [1.82, 2.24) is 0 Å². The lowest BCUT2D eigenvalue weighted by Crippen LogP contribution is -2.58. The van der Waals surface area contributed by atoms with E-state index in [1.165, 1.54) is 0 Å². The van der Waals surface area contributed by atoms with Gasteiger partial charge in [-0.05, 0) is 81.0 Å². The van der Waals surface area contributed by atoms with E-state index in [1.54, 1.807) is 0 Å². The van der Waals surface area contributed by atoms with Crippen molar-refractivity contribution in [1.29, 1.82) is 0 Å². The Morgan fingerprint density at radius 3 is 2.57 bits per heavy atom. The van der Waals surface area contributed by atoms with Crippen molar-refractivity contribution >= 4 is 0 Å². The number of aliphatic hydroxyl groups excluding tert-OH is 2. The summed E-state index contributed by atoms with van der Waals surface area (Å²) < 4.78 is 0. The summed E-state index contributed by atoms with van der Waals surface area (Å²) in [6.45, 7) is 10.2. The van der Waals surface area contributed by atoms with Gasteiger partial charge in [-0.15, -0.1) is 0 Å². The molecule has 0 spiro atoms. The molecule has 3 aliphatic carbocycles. The summed E-state index contributed by atoms with van der Waals surface area (Å²) in [4.78, 5) is 0. The molecule has 3 aliphatic rings. The number of hydrogen-bond donors (Lipinski definition) is 3. The van der Waals surface area contributed by atoms with Crippen LogP contribution in [-0.2, 0) is 0 Å². The SMILES string of the molecule is C=C(C)[C@H](O)CC[C@]1(C)C[C@@H]2[C@H]1CC[C@]1(C)C[C@@]2(O)CC[C@H]1O. The van der Waals surface area contributed by atoms with Gasteiger partial charge in [-0.3, -0.25) is 0 Å². The molecule has 3 rings (SSSR count). The molecule has 0 saturated heterocycles. The van der Waals surface area contributed by atoms with Crippen LogP contribution in [0.15, 0.2) is 12.2 Å². The minimum absolute atomic E-state index is 0.123. The van der Waals surface area contributed by atoms with Crippen LogP contribution in [0.4, 0.5) is 0 Å². The van der Waals surface area contributed by atoms with Crippen LogP contribution in [0.25, 0.3) is 0 Å². The standard InChI is InChI=1S/C20H34O3/c1-13(2)16(21)6-9-18(3)11-15-14(18)5-8-19(4)12-20(15,23)10-7-17(19)22/h14-17,21-23H,1,5-12H2,2-4H3/t14-,15-,16-,17-,18-,19-,20+/m1/s1. The second kappa shape index (κ2) is 5.57. The molecule has 0 aromatic carbocycles. The van der Waals surface area contributed by atoms with E-state index in [2.05, 4.69) is 20.4 Å². The zero-order chi connectivity index (χ0) is 17.0. The van der Waals surface area contributed by atoms with Crippen LogP contribution in [0.5, 0.6) is 0 Å². The van der Waals surface area contributed by atoms with Gasteiger partial charge in [0.2, 0.25) is 0 Å². The molecule has 0 aromatic heterocycles. The zero-order valence-corrected chi connectivity index (χ0v) is 15.0. The first-order valence-corrected chi connectivity index (χ1v) is 9.34. The molecule has 3 N–H and O–H groups in total. The minimum atomic E-state index is -0.582. The molecule has 3 saturated carbocycles. The van der Waals surface area contributed by atoms with E-state index in [0.717, 1.165) is 56.9 Å². The van der Waals surface area contributed by atoms with E-state index in [0.29, 0.717) is 11.8 Å². The smallest absolute Gasteiger partial charge is 0.0745 e. The maximum absolute atomic E-state index is 11.3. The maximum atomic E-state index is 11.3. The summed E-state index contributed by atoms with van der Waals surface area (Å²) in [6, 6.07) is 0. The first-order valence-electron chi connectivity index (χ1n) is 9.34. The average molecular weight is 322 g/mol. The summed E-state index contributed by atoms with van der Waals surface area (Å²) in [5, 5.41) is 31.8. The molecule has 0 aliphatic heterocycles. The highest BCUT2D eigenvalue weighted by Gasteiger charge is 2.62. The second-order valence-corrected chi connectivity index (χ2v) is 9.50. The Labute approximate surface area is 140 Å². The Morgan fingerprint density at radius 2 is 1.91 bits per heavy atom. The highest BCUT2D eigenvalue weighted by molar-refractivity contribution is 5.13. The molecule has 0 heterocycles. The van der Waals surface area contributed by atoms with E-state index in [4.69, 9.17) is 0 Å². The van der Waals surface area contributed by atoms with E-state index < -0.39 is 11.7 Å². The van der Waals surface area contributed by atoms with Crippen LogP contribution in [-0.4, -0.2) is 33.1 Å². The number of hydrogen-bond acceptors (Lipinski definition) is 3. The molecule has 2 bridgehead atoms. The molecular weight excluding hydrogens is 288 g/mol. The lowest BCUT2D eigenvalue weighted by molar-refractivity contribution is -0.183. The van der Waals surface area contributed by atoms with Gasteiger partial charge in [0.25, 0.3) is 0 Å². The summed E-state index contributed by atoms with van der Waals surface area (Å²) in [7, 11) is 0. The molecular formula is C20H34O3. The first-order chi connectivity index (χ1) is 10.6. The highest BCUT2D eigenvalue weighted by Crippen LogP contribution is 2.66. The summed E-state index contributed by atoms with van der Waals surface area (Å²) in [5.74, 6) is 0.903. The molecule has 0 unspecified atom stereocenters. The normalized spacial score (nSPS) is 50.4. The van der Waals surface area contributed by atoms with Crippen molar-refractivity contribution in [3.05, 3.63) is 12.2 Å². The van der Waals surface area contributed by atoms with Crippen molar-refractivity contribution in [2.75, 3.05) is 0 Å². The number of rotatable bonds is 4. The third-order valence-corrected chi connectivity index (χ3v) is 7.71. The van der Waals surface area contributed by atoms with E-state index >= 15 is 0 Å². The quantitative estimate of drug-likeness (QED) is 0.695. The number of aliphatic hydroxyl groups is 3. The van der Waals surface area contributed by atoms with Crippen molar-refractivity contribution < 1.29 is 15.3 Å². The van der Waals surface area contributed by atoms with Crippen molar-refractivity contribution in [3.8, 4) is 0 Å². The fourth-order valence-corrected chi connectivity index (χ4v) is 5.93. The van der Waals surface area contributed by atoms with Gasteiger partial charge in [0.05, 0.1) is 17.8 Å². The molecule has 3 nitrogen and oxygen atoms in total. The first kappa shape index (κ1) is 17.4. The van der Waals surface area contributed by atoms with E-state index in [9.17, 15) is 15.3 Å². The molecule has 0 aromatic rings. The van der Waals surface area contributed by atoms with Gasteiger partial charge in [-0.1, -0.05) is 26.0 Å². The maximum Gasteiger partial charge on any atom is 0.0745 e. The van der Waals surface area contributed by atoms with Gasteiger partial charge < -0.3 is 15.3 Å². The predicted octanol–water partition coefficient (Wildman–Crippen LogP) is 3.42. The largest absolute Gasteiger partial charge is 0.393 e. The van der Waals surface area contributed by atoms with Crippen LogP contribution in [0.2, 0.25) is 0 Å². The van der Waals surface area contributed by atoms with Gasteiger partial charge in [0.1, 0.15) is 0 Å². The van der Waals surface area contributed by atoms with Crippen molar-refractivity contribution in [2.45, 2.75) is 89.9 Å². The molecule has 0 amide bonds. The Hall–Kier alpha value is -0.380. The molecule has 0 radical (unpaired) electrons. The van der Waals surface area contributed by atoms with Crippen LogP contribution in [0, 0.1) is 22.7 Å². The third kappa shape index (κ3) is 2.79. The number of fused-ring (bicyclic) bond motifs is 4. The van der Waals surface area contributed by atoms with Gasteiger partial charge in [-0.2, -0.15) is 0 Å².